The molecular formula is C18H19N5OS3. The van der Waals surface area contributed by atoms with Gasteiger partial charge in [0.1, 0.15) is 11.1 Å². The van der Waals surface area contributed by atoms with Crippen LogP contribution in [-0.2, 0) is 4.79 Å². The van der Waals surface area contributed by atoms with Crippen LogP contribution in [-0.4, -0.2) is 26.4 Å². The van der Waals surface area contributed by atoms with E-state index in [2.05, 4.69) is 59.2 Å². The number of nitriles is 1. The lowest BCUT2D eigenvalue weighted by molar-refractivity contribution is -0.113. The van der Waals surface area contributed by atoms with Gasteiger partial charge < -0.3 is 5.32 Å². The summed E-state index contributed by atoms with van der Waals surface area (Å²) in [5.41, 5.74) is 2.78. The third-order valence-corrected chi connectivity index (χ3v) is 6.86. The fourth-order valence-electron chi connectivity index (χ4n) is 2.55. The van der Waals surface area contributed by atoms with E-state index in [0.29, 0.717) is 15.7 Å². The number of hydrogen-bond acceptors (Lipinski definition) is 7. The largest absolute Gasteiger partial charge is 0.316 e. The lowest BCUT2D eigenvalue weighted by atomic mass is 10.1. The van der Waals surface area contributed by atoms with E-state index < -0.39 is 0 Å². The summed E-state index contributed by atoms with van der Waals surface area (Å²) in [5, 5.41) is 25.7. The number of thioether (sulfide) groups is 1. The van der Waals surface area contributed by atoms with Gasteiger partial charge in [0.2, 0.25) is 5.91 Å². The maximum absolute atomic E-state index is 12.3. The van der Waals surface area contributed by atoms with Crippen LogP contribution in [0, 0.1) is 25.2 Å². The van der Waals surface area contributed by atoms with Gasteiger partial charge >= 0.3 is 0 Å². The van der Waals surface area contributed by atoms with Crippen LogP contribution >= 0.6 is 34.4 Å². The molecule has 140 valence electrons. The van der Waals surface area contributed by atoms with E-state index in [9.17, 15) is 4.79 Å². The molecule has 3 heterocycles. The van der Waals surface area contributed by atoms with Crippen LogP contribution in [0.2, 0.25) is 0 Å². The monoisotopic (exact) mass is 417 g/mol. The molecule has 0 unspecified atom stereocenters. The maximum atomic E-state index is 12.3. The molecule has 3 aromatic heterocycles. The first-order valence-electron chi connectivity index (χ1n) is 8.32. The van der Waals surface area contributed by atoms with E-state index in [0.717, 1.165) is 11.4 Å². The number of anilines is 1. The first kappa shape index (κ1) is 19.6. The van der Waals surface area contributed by atoms with Gasteiger partial charge in [-0.15, -0.1) is 32.9 Å². The van der Waals surface area contributed by atoms with Crippen molar-refractivity contribution >= 4 is 45.3 Å². The van der Waals surface area contributed by atoms with Crippen LogP contribution in [0.4, 0.5) is 5.00 Å². The van der Waals surface area contributed by atoms with Crippen LogP contribution in [0.15, 0.2) is 22.0 Å². The summed E-state index contributed by atoms with van der Waals surface area (Å²) in [6.45, 7) is 8.35. The van der Waals surface area contributed by atoms with Crippen molar-refractivity contribution in [3.8, 4) is 17.5 Å². The number of thiophene rings is 2. The number of aryl methyl sites for hydroxylation is 1. The van der Waals surface area contributed by atoms with Crippen LogP contribution < -0.4 is 5.32 Å². The highest BCUT2D eigenvalue weighted by Crippen LogP contribution is 2.33. The molecule has 3 aromatic rings. The predicted molar refractivity (Wildman–Crippen MR) is 112 cm³/mol. The highest BCUT2D eigenvalue weighted by Gasteiger charge is 2.20. The normalized spacial score (nSPS) is 11.0. The lowest BCUT2D eigenvalue weighted by Crippen LogP contribution is -2.15. The maximum Gasteiger partial charge on any atom is 0.235 e. The van der Waals surface area contributed by atoms with Gasteiger partial charge in [0.15, 0.2) is 11.0 Å². The number of nitrogens with zero attached hydrogens (tertiary/aromatic N) is 4. The zero-order valence-corrected chi connectivity index (χ0v) is 17.9. The van der Waals surface area contributed by atoms with Crippen LogP contribution in [0.5, 0.6) is 0 Å². The van der Waals surface area contributed by atoms with Crippen molar-refractivity contribution in [1.82, 2.24) is 14.8 Å². The minimum Gasteiger partial charge on any atom is -0.316 e. The Balaban J connectivity index is 1.77. The molecule has 1 amide bonds. The van der Waals surface area contributed by atoms with E-state index in [1.165, 1.54) is 33.5 Å². The van der Waals surface area contributed by atoms with E-state index in [-0.39, 0.29) is 17.7 Å². The molecule has 6 nitrogen and oxygen atoms in total. The lowest BCUT2D eigenvalue weighted by Gasteiger charge is -2.13. The van der Waals surface area contributed by atoms with Crippen LogP contribution in [0.1, 0.15) is 35.9 Å². The van der Waals surface area contributed by atoms with E-state index >= 15 is 0 Å². The molecule has 1 N–H and O–H groups in total. The van der Waals surface area contributed by atoms with E-state index in [1.54, 1.807) is 22.8 Å². The van der Waals surface area contributed by atoms with Crippen molar-refractivity contribution in [3.63, 3.8) is 0 Å². The van der Waals surface area contributed by atoms with Crippen LogP contribution in [0.3, 0.4) is 0 Å². The molecule has 0 aliphatic carbocycles. The van der Waals surface area contributed by atoms with Crippen molar-refractivity contribution < 1.29 is 4.79 Å². The van der Waals surface area contributed by atoms with Crippen molar-refractivity contribution in [2.75, 3.05) is 11.1 Å². The highest BCUT2D eigenvalue weighted by molar-refractivity contribution is 7.99. The molecule has 0 aliphatic heterocycles. The summed E-state index contributed by atoms with van der Waals surface area (Å²) in [6, 6.07) is 3.93. The van der Waals surface area contributed by atoms with Gasteiger partial charge in [0.25, 0.3) is 0 Å². The van der Waals surface area contributed by atoms with Crippen molar-refractivity contribution in [2.45, 2.75) is 38.9 Å². The number of carbonyl (C=O) groups is 1. The molecule has 27 heavy (non-hydrogen) atoms. The summed E-state index contributed by atoms with van der Waals surface area (Å²) in [6.07, 6.45) is 0. The molecule has 0 atom stereocenters. The van der Waals surface area contributed by atoms with Gasteiger partial charge in [-0.1, -0.05) is 11.8 Å². The molecular weight excluding hydrogens is 398 g/mol. The quantitative estimate of drug-likeness (QED) is 0.579. The molecule has 0 spiro atoms. The number of rotatable bonds is 6. The van der Waals surface area contributed by atoms with Gasteiger partial charge in [-0.2, -0.15) is 5.26 Å². The molecule has 9 heteroatoms. The summed E-state index contributed by atoms with van der Waals surface area (Å²) in [5.74, 6) is 0.871. The minimum atomic E-state index is -0.165. The number of aromatic nitrogens is 3. The fraction of sp³-hybridized carbons (Fsp3) is 0.333. The Morgan fingerprint density at radius 3 is 2.78 bits per heavy atom. The number of amides is 1. The smallest absolute Gasteiger partial charge is 0.235 e. The van der Waals surface area contributed by atoms with Crippen molar-refractivity contribution in [3.05, 3.63) is 32.8 Å². The Bertz CT molecular complexity index is 1010. The first-order valence-corrected chi connectivity index (χ1v) is 11.1. The Kier molecular flexibility index (Phi) is 5.99. The van der Waals surface area contributed by atoms with Gasteiger partial charge in [0.05, 0.1) is 11.3 Å². The summed E-state index contributed by atoms with van der Waals surface area (Å²) >= 11 is 4.39. The molecule has 3 rings (SSSR count). The van der Waals surface area contributed by atoms with Gasteiger partial charge in [-0.3, -0.25) is 9.36 Å². The summed E-state index contributed by atoms with van der Waals surface area (Å²) < 4.78 is 2.07. The highest BCUT2D eigenvalue weighted by atomic mass is 32.2. The standard InChI is InChI=1S/C18H19N5OS3/c1-10(2)23-16(14-8-26-12(4)11(14)3)21-22-18(23)27-9-15(24)20-17-13(7-19)5-6-25-17/h5-6,8,10H,9H2,1-4H3,(H,20,24). The second kappa shape index (κ2) is 8.25. The second-order valence-electron chi connectivity index (χ2n) is 6.21. The average Bonchev–Trinajstić information content (AvgIpc) is 3.33. The first-order chi connectivity index (χ1) is 12.9. The van der Waals surface area contributed by atoms with Gasteiger partial charge in [-0.25, -0.2) is 0 Å². The number of hydrogen-bond donors (Lipinski definition) is 1. The van der Waals surface area contributed by atoms with Gasteiger partial charge in [0, 0.05) is 21.9 Å². The molecule has 0 saturated carbocycles. The van der Waals surface area contributed by atoms with Crippen LogP contribution in [0.25, 0.3) is 11.4 Å². The third kappa shape index (κ3) is 4.08. The van der Waals surface area contributed by atoms with Crippen molar-refractivity contribution in [2.24, 2.45) is 0 Å². The zero-order valence-electron chi connectivity index (χ0n) is 15.4. The number of nitrogens with one attached hydrogen (secondary N) is 1. The molecule has 0 saturated heterocycles. The minimum absolute atomic E-state index is 0.165. The Hall–Kier alpha value is -2.15. The predicted octanol–water partition coefficient (Wildman–Crippen LogP) is 4.87. The summed E-state index contributed by atoms with van der Waals surface area (Å²) in [4.78, 5) is 13.5. The second-order valence-corrected chi connectivity index (χ2v) is 9.15. The SMILES string of the molecule is Cc1scc(-c2nnc(SCC(=O)Nc3sccc3C#N)n2C(C)C)c1C. The Morgan fingerprint density at radius 1 is 1.37 bits per heavy atom. The third-order valence-electron chi connectivity index (χ3n) is 4.08. The number of carbonyl (C=O) groups excluding carboxylic acids is 1. The van der Waals surface area contributed by atoms with E-state index in [1.807, 2.05) is 0 Å². The summed E-state index contributed by atoms with van der Waals surface area (Å²) in [7, 11) is 0. The molecule has 0 fully saturated rings. The fourth-order valence-corrected chi connectivity index (χ4v) is 5.03. The Morgan fingerprint density at radius 2 is 2.15 bits per heavy atom. The molecule has 0 aliphatic rings. The molecule has 0 bridgehead atoms. The van der Waals surface area contributed by atoms with Gasteiger partial charge in [-0.05, 0) is 44.7 Å². The Labute approximate surface area is 170 Å². The topological polar surface area (TPSA) is 83.6 Å². The zero-order chi connectivity index (χ0) is 19.6. The van der Waals surface area contributed by atoms with Crippen molar-refractivity contribution in [1.29, 1.82) is 5.26 Å². The molecule has 0 aromatic carbocycles. The molecule has 0 radical (unpaired) electrons. The van der Waals surface area contributed by atoms with E-state index in [4.69, 9.17) is 5.26 Å². The average molecular weight is 418 g/mol.